The number of hydrogen-bond donors (Lipinski definition) is 1. The zero-order valence-corrected chi connectivity index (χ0v) is 13.5. The zero-order valence-electron chi connectivity index (χ0n) is 13.5. The molecule has 2 rings (SSSR count). The van der Waals surface area contributed by atoms with Gasteiger partial charge in [0, 0.05) is 0 Å². The number of unbranched alkanes of at least 4 members (excludes halogenated alkanes) is 1. The Kier molecular flexibility index (Phi) is 4.70. The van der Waals surface area contributed by atoms with Gasteiger partial charge in [-0.1, -0.05) is 59.2 Å². The SMILES string of the molecule is CCCCC1=Cc2c(C(C)C)cc(C(C)C)cc2C1O. The largest absolute Gasteiger partial charge is 0.384 e. The standard InChI is InChI=1S/C19H28O/c1-6-7-8-14-9-17-16(13(4)5)10-15(12(2)3)11-18(17)19(14)20/h9-13,19-20H,6-8H2,1-5H3. The summed E-state index contributed by atoms with van der Waals surface area (Å²) >= 11 is 0. The van der Waals surface area contributed by atoms with Crippen molar-refractivity contribution in [2.75, 3.05) is 0 Å². The van der Waals surface area contributed by atoms with Crippen LogP contribution in [0.15, 0.2) is 17.7 Å². The molecule has 0 saturated heterocycles. The molecule has 1 heteroatoms. The molecule has 0 fully saturated rings. The molecule has 1 nitrogen and oxygen atoms in total. The number of fused-ring (bicyclic) bond motifs is 1. The Morgan fingerprint density at radius 2 is 1.80 bits per heavy atom. The second-order valence-corrected chi connectivity index (χ2v) is 6.65. The van der Waals surface area contributed by atoms with E-state index in [1.54, 1.807) is 0 Å². The summed E-state index contributed by atoms with van der Waals surface area (Å²) in [4.78, 5) is 0. The van der Waals surface area contributed by atoms with Gasteiger partial charge in [0.2, 0.25) is 0 Å². The van der Waals surface area contributed by atoms with Gasteiger partial charge in [-0.15, -0.1) is 0 Å². The maximum atomic E-state index is 10.6. The van der Waals surface area contributed by atoms with Crippen molar-refractivity contribution in [3.05, 3.63) is 40.0 Å². The second kappa shape index (κ2) is 6.13. The third-order valence-corrected chi connectivity index (χ3v) is 4.35. The molecule has 0 saturated carbocycles. The molecule has 110 valence electrons. The minimum atomic E-state index is -0.382. The highest BCUT2D eigenvalue weighted by Gasteiger charge is 2.26. The molecule has 0 radical (unpaired) electrons. The lowest BCUT2D eigenvalue weighted by Gasteiger charge is -2.18. The molecule has 0 aliphatic heterocycles. The van der Waals surface area contributed by atoms with E-state index in [4.69, 9.17) is 0 Å². The second-order valence-electron chi connectivity index (χ2n) is 6.65. The molecule has 1 aliphatic rings. The van der Waals surface area contributed by atoms with Gasteiger partial charge < -0.3 is 5.11 Å². The van der Waals surface area contributed by atoms with Crippen LogP contribution in [-0.2, 0) is 0 Å². The molecule has 1 aliphatic carbocycles. The number of rotatable bonds is 5. The summed E-state index contributed by atoms with van der Waals surface area (Å²) in [7, 11) is 0. The summed E-state index contributed by atoms with van der Waals surface area (Å²) in [6.45, 7) is 11.1. The third-order valence-electron chi connectivity index (χ3n) is 4.35. The highest BCUT2D eigenvalue weighted by molar-refractivity contribution is 5.69. The van der Waals surface area contributed by atoms with Gasteiger partial charge in [0.25, 0.3) is 0 Å². The molecule has 1 unspecified atom stereocenters. The van der Waals surface area contributed by atoms with Crippen LogP contribution < -0.4 is 0 Å². The van der Waals surface area contributed by atoms with Gasteiger partial charge in [-0.05, 0) is 52.5 Å². The minimum Gasteiger partial charge on any atom is -0.384 e. The maximum absolute atomic E-state index is 10.6. The van der Waals surface area contributed by atoms with Crippen LogP contribution in [0.1, 0.15) is 94.1 Å². The fourth-order valence-electron chi connectivity index (χ4n) is 2.98. The molecule has 1 aromatic rings. The summed E-state index contributed by atoms with van der Waals surface area (Å²) < 4.78 is 0. The smallest absolute Gasteiger partial charge is 0.101 e. The van der Waals surface area contributed by atoms with Crippen molar-refractivity contribution in [1.29, 1.82) is 0 Å². The van der Waals surface area contributed by atoms with E-state index < -0.39 is 0 Å². The first-order valence-corrected chi connectivity index (χ1v) is 8.02. The van der Waals surface area contributed by atoms with E-state index in [0.29, 0.717) is 11.8 Å². The number of aliphatic hydroxyl groups is 1. The van der Waals surface area contributed by atoms with E-state index in [0.717, 1.165) is 18.4 Å². The van der Waals surface area contributed by atoms with Crippen molar-refractivity contribution in [2.45, 2.75) is 71.8 Å². The van der Waals surface area contributed by atoms with Crippen LogP contribution in [-0.4, -0.2) is 5.11 Å². The van der Waals surface area contributed by atoms with Crippen LogP contribution in [0.3, 0.4) is 0 Å². The van der Waals surface area contributed by atoms with Gasteiger partial charge in [0.15, 0.2) is 0 Å². The average Bonchev–Trinajstić information content (AvgIpc) is 2.72. The first-order chi connectivity index (χ1) is 9.45. The Morgan fingerprint density at radius 1 is 1.10 bits per heavy atom. The molecule has 0 aromatic heterocycles. The highest BCUT2D eigenvalue weighted by atomic mass is 16.3. The lowest BCUT2D eigenvalue weighted by Crippen LogP contribution is -2.03. The van der Waals surface area contributed by atoms with Gasteiger partial charge in [0.1, 0.15) is 6.10 Å². The van der Waals surface area contributed by atoms with E-state index >= 15 is 0 Å². The first kappa shape index (κ1) is 15.3. The number of benzene rings is 1. The van der Waals surface area contributed by atoms with Crippen molar-refractivity contribution in [3.8, 4) is 0 Å². The predicted octanol–water partition coefficient (Wildman–Crippen LogP) is 5.55. The lowest BCUT2D eigenvalue weighted by molar-refractivity contribution is 0.215. The molecule has 1 aromatic carbocycles. The lowest BCUT2D eigenvalue weighted by atomic mass is 9.89. The van der Waals surface area contributed by atoms with Gasteiger partial charge in [-0.2, -0.15) is 0 Å². The highest BCUT2D eigenvalue weighted by Crippen LogP contribution is 2.42. The van der Waals surface area contributed by atoms with Crippen LogP contribution in [0, 0.1) is 0 Å². The Bertz CT molecular complexity index is 509. The van der Waals surface area contributed by atoms with Crippen LogP contribution in [0.2, 0.25) is 0 Å². The molecule has 0 spiro atoms. The van der Waals surface area contributed by atoms with Crippen molar-refractivity contribution in [3.63, 3.8) is 0 Å². The van der Waals surface area contributed by atoms with Crippen molar-refractivity contribution >= 4 is 6.08 Å². The summed E-state index contributed by atoms with van der Waals surface area (Å²) in [5.41, 5.74) is 6.34. The van der Waals surface area contributed by atoms with Crippen LogP contribution in [0.5, 0.6) is 0 Å². The molecule has 0 bridgehead atoms. The average molecular weight is 272 g/mol. The predicted molar refractivity (Wildman–Crippen MR) is 87.1 cm³/mol. The molecule has 1 N–H and O–H groups in total. The Balaban J connectivity index is 2.45. The molecular formula is C19H28O. The summed E-state index contributed by atoms with van der Waals surface area (Å²) in [6, 6.07) is 4.55. The fourth-order valence-corrected chi connectivity index (χ4v) is 2.98. The van der Waals surface area contributed by atoms with Gasteiger partial charge in [-0.3, -0.25) is 0 Å². The van der Waals surface area contributed by atoms with E-state index in [1.165, 1.54) is 28.7 Å². The van der Waals surface area contributed by atoms with E-state index in [1.807, 2.05) is 0 Å². The summed E-state index contributed by atoms with van der Waals surface area (Å²) in [5, 5.41) is 10.6. The van der Waals surface area contributed by atoms with Crippen molar-refractivity contribution < 1.29 is 5.11 Å². The van der Waals surface area contributed by atoms with Gasteiger partial charge in [-0.25, -0.2) is 0 Å². The number of hydrogen-bond acceptors (Lipinski definition) is 1. The monoisotopic (exact) mass is 272 g/mol. The molecule has 20 heavy (non-hydrogen) atoms. The van der Waals surface area contributed by atoms with Gasteiger partial charge >= 0.3 is 0 Å². The van der Waals surface area contributed by atoms with Crippen LogP contribution in [0.25, 0.3) is 6.08 Å². The quantitative estimate of drug-likeness (QED) is 0.744. The summed E-state index contributed by atoms with van der Waals surface area (Å²) in [5.74, 6) is 1.00. The number of aliphatic hydroxyl groups excluding tert-OH is 1. The maximum Gasteiger partial charge on any atom is 0.101 e. The topological polar surface area (TPSA) is 20.2 Å². The van der Waals surface area contributed by atoms with E-state index in [2.05, 4.69) is 52.8 Å². The minimum absolute atomic E-state index is 0.382. The molecular weight excluding hydrogens is 244 g/mol. The molecule has 1 atom stereocenters. The summed E-state index contributed by atoms with van der Waals surface area (Å²) in [6.07, 6.45) is 5.21. The fraction of sp³-hybridized carbons (Fsp3) is 0.579. The van der Waals surface area contributed by atoms with Crippen molar-refractivity contribution in [2.24, 2.45) is 0 Å². The molecule has 0 amide bonds. The molecule has 0 heterocycles. The van der Waals surface area contributed by atoms with Crippen LogP contribution >= 0.6 is 0 Å². The van der Waals surface area contributed by atoms with Gasteiger partial charge in [0.05, 0.1) is 0 Å². The Morgan fingerprint density at radius 3 is 2.35 bits per heavy atom. The Labute approximate surface area is 123 Å². The third kappa shape index (κ3) is 2.83. The first-order valence-electron chi connectivity index (χ1n) is 8.02. The zero-order chi connectivity index (χ0) is 14.9. The van der Waals surface area contributed by atoms with E-state index in [9.17, 15) is 5.11 Å². The van der Waals surface area contributed by atoms with E-state index in [-0.39, 0.29) is 6.10 Å². The Hall–Kier alpha value is -1.08. The normalized spacial score (nSPS) is 17.8. The van der Waals surface area contributed by atoms with Crippen molar-refractivity contribution in [1.82, 2.24) is 0 Å². The van der Waals surface area contributed by atoms with Crippen LogP contribution in [0.4, 0.5) is 0 Å².